The van der Waals surface area contributed by atoms with E-state index in [0.717, 1.165) is 30.2 Å². The molecule has 0 amide bonds. The topological polar surface area (TPSA) is 56.1 Å². The number of aromatic nitrogens is 2. The Kier molecular flexibility index (Phi) is 5.46. The van der Waals surface area contributed by atoms with Crippen LogP contribution >= 0.6 is 34.7 Å². The van der Waals surface area contributed by atoms with E-state index in [-0.39, 0.29) is 10.2 Å². The van der Waals surface area contributed by atoms with Gasteiger partial charge < -0.3 is 9.80 Å². The average molecular weight is 422 g/mol. The second kappa shape index (κ2) is 7.47. The number of halogens is 5. The molecular weight excluding hydrogens is 410 g/mol. The van der Waals surface area contributed by atoms with Gasteiger partial charge in [-0.1, -0.05) is 23.2 Å². The lowest BCUT2D eigenvalue weighted by Gasteiger charge is -2.24. The van der Waals surface area contributed by atoms with Gasteiger partial charge in [-0.25, -0.2) is 4.98 Å². The maximum absolute atomic E-state index is 12.8. The molecule has 0 N–H and O–H groups in total. The summed E-state index contributed by atoms with van der Waals surface area (Å²) in [5, 5.41) is 10.1. The van der Waals surface area contributed by atoms with Crippen molar-refractivity contribution in [2.45, 2.75) is 12.6 Å². The molecule has 2 aromatic heterocycles. The summed E-state index contributed by atoms with van der Waals surface area (Å²) in [6.07, 6.45) is -2.97. The van der Waals surface area contributed by atoms with Crippen LogP contribution in [0.1, 0.15) is 17.5 Å². The van der Waals surface area contributed by atoms with E-state index in [1.54, 1.807) is 0 Å². The van der Waals surface area contributed by atoms with E-state index in [0.29, 0.717) is 42.6 Å². The number of rotatable bonds is 2. The molecule has 3 heterocycles. The summed E-state index contributed by atoms with van der Waals surface area (Å²) in [5.74, 6) is 0.323. The lowest BCUT2D eigenvalue weighted by atomic mass is 10.2. The quantitative estimate of drug-likeness (QED) is 0.716. The van der Waals surface area contributed by atoms with Gasteiger partial charge in [0.2, 0.25) is 0 Å². The van der Waals surface area contributed by atoms with E-state index in [1.807, 2.05) is 9.80 Å². The van der Waals surface area contributed by atoms with Crippen LogP contribution in [0.5, 0.6) is 0 Å². The molecule has 0 atom stereocenters. The summed E-state index contributed by atoms with van der Waals surface area (Å²) in [4.78, 5) is 7.76. The zero-order valence-electron chi connectivity index (χ0n) is 13.2. The van der Waals surface area contributed by atoms with Gasteiger partial charge in [0.25, 0.3) is 0 Å². The van der Waals surface area contributed by atoms with Gasteiger partial charge >= 0.3 is 6.18 Å². The molecule has 0 bridgehead atoms. The van der Waals surface area contributed by atoms with Gasteiger partial charge in [-0.15, -0.1) is 0 Å². The zero-order valence-corrected chi connectivity index (χ0v) is 15.6. The van der Waals surface area contributed by atoms with Crippen molar-refractivity contribution in [3.8, 4) is 6.07 Å². The van der Waals surface area contributed by atoms with E-state index >= 15 is 0 Å². The first-order valence-electron chi connectivity index (χ1n) is 7.59. The monoisotopic (exact) mass is 421 g/mol. The van der Waals surface area contributed by atoms with Crippen LogP contribution < -0.4 is 9.80 Å². The number of anilines is 2. The molecule has 0 spiro atoms. The third-order valence-electron chi connectivity index (χ3n) is 3.98. The lowest BCUT2D eigenvalue weighted by molar-refractivity contribution is -0.137. The van der Waals surface area contributed by atoms with Crippen molar-refractivity contribution in [1.29, 1.82) is 5.26 Å². The van der Waals surface area contributed by atoms with Crippen LogP contribution in [-0.4, -0.2) is 35.5 Å². The predicted molar refractivity (Wildman–Crippen MR) is 95.1 cm³/mol. The molecule has 5 nitrogen and oxygen atoms in total. The van der Waals surface area contributed by atoms with Crippen molar-refractivity contribution >= 4 is 45.6 Å². The molecule has 1 aliphatic rings. The van der Waals surface area contributed by atoms with Crippen LogP contribution in [0.15, 0.2) is 12.3 Å². The summed E-state index contributed by atoms with van der Waals surface area (Å²) < 4.78 is 42.3. The molecule has 3 rings (SSSR count). The summed E-state index contributed by atoms with van der Waals surface area (Å²) in [7, 11) is 0. The van der Waals surface area contributed by atoms with Crippen LogP contribution in [0.2, 0.25) is 10.2 Å². The third kappa shape index (κ3) is 3.82. The number of hydrogen-bond donors (Lipinski definition) is 0. The van der Waals surface area contributed by atoms with Gasteiger partial charge in [-0.05, 0) is 24.0 Å². The Morgan fingerprint density at radius 3 is 2.50 bits per heavy atom. The molecule has 26 heavy (non-hydrogen) atoms. The fourth-order valence-corrected chi connectivity index (χ4v) is 4.09. The van der Waals surface area contributed by atoms with Gasteiger partial charge in [-0.3, -0.25) is 0 Å². The van der Waals surface area contributed by atoms with E-state index in [4.69, 9.17) is 23.2 Å². The third-order valence-corrected chi connectivity index (χ3v) is 5.54. The number of nitrogens with zero attached hydrogens (tertiary/aromatic N) is 5. The Balaban J connectivity index is 1.78. The molecule has 0 aromatic carbocycles. The van der Waals surface area contributed by atoms with Gasteiger partial charge in [0.05, 0.1) is 10.6 Å². The summed E-state index contributed by atoms with van der Waals surface area (Å²) in [6.45, 7) is 2.30. The Morgan fingerprint density at radius 2 is 1.85 bits per heavy atom. The van der Waals surface area contributed by atoms with E-state index in [9.17, 15) is 18.4 Å². The normalized spacial score (nSPS) is 15.7. The smallest absolute Gasteiger partial charge is 0.359 e. The minimum Gasteiger partial charge on any atom is -0.359 e. The van der Waals surface area contributed by atoms with Crippen LogP contribution in [0.4, 0.5) is 24.0 Å². The average Bonchev–Trinajstić information content (AvgIpc) is 2.79. The maximum Gasteiger partial charge on any atom is 0.417 e. The number of pyridine rings is 1. The summed E-state index contributed by atoms with van der Waals surface area (Å²) >= 11 is 13.1. The lowest BCUT2D eigenvalue weighted by Crippen LogP contribution is -2.31. The zero-order chi connectivity index (χ0) is 18.9. The first-order valence-corrected chi connectivity index (χ1v) is 9.12. The fourth-order valence-electron chi connectivity index (χ4n) is 2.72. The molecule has 1 aliphatic heterocycles. The highest BCUT2D eigenvalue weighted by Gasteiger charge is 2.32. The number of nitriles is 1. The molecule has 138 valence electrons. The molecular formula is C15H12Cl2F3N5S. The molecule has 0 unspecified atom stereocenters. The van der Waals surface area contributed by atoms with Crippen LogP contribution in [0.25, 0.3) is 0 Å². The number of hydrogen-bond acceptors (Lipinski definition) is 6. The Morgan fingerprint density at radius 1 is 1.15 bits per heavy atom. The SMILES string of the molecule is N#Cc1c(Cl)nsc1N1CCCN(c2ncc(C(F)(F)F)cc2Cl)CC1. The van der Waals surface area contributed by atoms with Crippen molar-refractivity contribution in [1.82, 2.24) is 9.36 Å². The molecule has 11 heteroatoms. The summed E-state index contributed by atoms with van der Waals surface area (Å²) in [5.41, 5.74) is -0.531. The molecule has 1 saturated heterocycles. The largest absolute Gasteiger partial charge is 0.417 e. The van der Waals surface area contributed by atoms with Crippen molar-refractivity contribution in [2.24, 2.45) is 0 Å². The van der Waals surface area contributed by atoms with Crippen LogP contribution in [0.3, 0.4) is 0 Å². The van der Waals surface area contributed by atoms with Crippen molar-refractivity contribution < 1.29 is 13.2 Å². The second-order valence-corrected chi connectivity index (χ2v) is 7.14. The summed E-state index contributed by atoms with van der Waals surface area (Å²) in [6, 6.07) is 2.95. The van der Waals surface area contributed by atoms with Gasteiger partial charge in [0.1, 0.15) is 22.5 Å². The maximum atomic E-state index is 12.8. The first-order chi connectivity index (χ1) is 12.3. The van der Waals surface area contributed by atoms with E-state index < -0.39 is 11.7 Å². The fraction of sp³-hybridized carbons (Fsp3) is 0.400. The molecule has 2 aromatic rings. The molecule has 0 aliphatic carbocycles. The molecule has 0 saturated carbocycles. The van der Waals surface area contributed by atoms with Gasteiger partial charge in [0.15, 0.2) is 5.15 Å². The van der Waals surface area contributed by atoms with Gasteiger partial charge in [0, 0.05) is 32.4 Å². The highest BCUT2D eigenvalue weighted by atomic mass is 35.5. The Hall–Kier alpha value is -1.76. The highest BCUT2D eigenvalue weighted by molar-refractivity contribution is 7.10. The van der Waals surface area contributed by atoms with Crippen LogP contribution in [-0.2, 0) is 6.18 Å². The molecule has 1 fully saturated rings. The van der Waals surface area contributed by atoms with Crippen molar-refractivity contribution in [2.75, 3.05) is 36.0 Å². The van der Waals surface area contributed by atoms with Crippen molar-refractivity contribution in [3.05, 3.63) is 33.6 Å². The van der Waals surface area contributed by atoms with E-state index in [1.165, 1.54) is 0 Å². The minimum atomic E-state index is -4.48. The first kappa shape index (κ1) is 19.0. The van der Waals surface area contributed by atoms with Gasteiger partial charge in [-0.2, -0.15) is 22.8 Å². The van der Waals surface area contributed by atoms with Crippen LogP contribution in [0, 0.1) is 11.3 Å². The highest BCUT2D eigenvalue weighted by Crippen LogP contribution is 2.35. The standard InChI is InChI=1S/C15H12Cl2F3N5S/c16-11-6-9(15(18,19)20)8-22-13(11)24-2-1-3-25(5-4-24)14-10(7-21)12(17)23-26-14/h6,8H,1-5H2. The Bertz CT molecular complexity index is 849. The minimum absolute atomic E-state index is 0.0353. The van der Waals surface area contributed by atoms with E-state index in [2.05, 4.69) is 15.4 Å². The second-order valence-electron chi connectivity index (χ2n) is 5.62. The molecule has 0 radical (unpaired) electrons. The Labute approximate surface area is 161 Å². The predicted octanol–water partition coefficient (Wildman–Crippen LogP) is 4.45. The van der Waals surface area contributed by atoms with Crippen molar-refractivity contribution in [3.63, 3.8) is 0 Å². The number of alkyl halides is 3.